The Hall–Kier alpha value is -1.51. The fourth-order valence-electron chi connectivity index (χ4n) is 3.59. The van der Waals surface area contributed by atoms with Gasteiger partial charge in [-0.05, 0) is 18.6 Å². The Labute approximate surface area is 166 Å². The summed E-state index contributed by atoms with van der Waals surface area (Å²) < 4.78 is 0. The van der Waals surface area contributed by atoms with Gasteiger partial charge in [0.15, 0.2) is 5.78 Å². The number of phenolic OH excluding ortho intramolecular Hbond substituents is 1. The molecule has 0 spiro atoms. The van der Waals surface area contributed by atoms with Gasteiger partial charge in [0.2, 0.25) is 0 Å². The molecule has 0 atom stereocenters. The predicted octanol–water partition coefficient (Wildman–Crippen LogP) is 7.42. The van der Waals surface area contributed by atoms with Crippen LogP contribution in [0.4, 0.5) is 5.69 Å². The van der Waals surface area contributed by atoms with E-state index in [2.05, 4.69) is 6.92 Å². The van der Waals surface area contributed by atoms with Gasteiger partial charge in [-0.1, -0.05) is 103 Å². The molecule has 0 aromatic heterocycles. The first-order chi connectivity index (χ1) is 13.2. The van der Waals surface area contributed by atoms with Crippen LogP contribution in [0.3, 0.4) is 0 Å². The number of anilines is 1. The van der Waals surface area contributed by atoms with Crippen LogP contribution in [0.2, 0.25) is 0 Å². The second-order valence-corrected chi connectivity index (χ2v) is 7.86. The highest BCUT2D eigenvalue weighted by Gasteiger charge is 2.11. The molecule has 3 N–H and O–H groups in total. The summed E-state index contributed by atoms with van der Waals surface area (Å²) in [6.07, 6.45) is 20.3. The minimum atomic E-state index is -0.00246. The summed E-state index contributed by atoms with van der Waals surface area (Å²) in [5.74, 6) is 0.0374. The first kappa shape index (κ1) is 23.5. The normalized spacial score (nSPS) is 11.0. The molecule has 0 unspecified atom stereocenters. The molecular formula is C24H41NO2. The van der Waals surface area contributed by atoms with Gasteiger partial charge in [0.1, 0.15) is 5.75 Å². The number of hydrogen-bond donors (Lipinski definition) is 2. The fourth-order valence-corrected chi connectivity index (χ4v) is 3.59. The quantitative estimate of drug-likeness (QED) is 0.129. The van der Waals surface area contributed by atoms with Crippen LogP contribution in [0.1, 0.15) is 120 Å². The highest BCUT2D eigenvalue weighted by molar-refractivity contribution is 6.01. The Kier molecular flexibility index (Phi) is 13.5. The van der Waals surface area contributed by atoms with Crippen molar-refractivity contribution in [2.24, 2.45) is 0 Å². The zero-order chi connectivity index (χ0) is 19.7. The van der Waals surface area contributed by atoms with E-state index in [0.29, 0.717) is 12.0 Å². The largest absolute Gasteiger partial charge is 0.506 e. The van der Waals surface area contributed by atoms with Crippen LogP contribution in [0, 0.1) is 0 Å². The third-order valence-corrected chi connectivity index (χ3v) is 5.39. The molecule has 0 aliphatic heterocycles. The second kappa shape index (κ2) is 15.5. The van der Waals surface area contributed by atoms with Crippen molar-refractivity contribution in [3.63, 3.8) is 0 Å². The minimum Gasteiger partial charge on any atom is -0.506 e. The number of carbonyl (C=O) groups is 1. The fraction of sp³-hybridized carbons (Fsp3) is 0.708. The lowest BCUT2D eigenvalue weighted by Gasteiger charge is -2.06. The smallest absolute Gasteiger partial charge is 0.165 e. The van der Waals surface area contributed by atoms with E-state index < -0.39 is 0 Å². The van der Waals surface area contributed by atoms with Gasteiger partial charge in [-0.25, -0.2) is 0 Å². The Balaban J connectivity index is 1.89. The number of Topliss-reactive ketones (excluding diaryl/α,β-unsaturated/α-hetero) is 1. The highest BCUT2D eigenvalue weighted by Crippen LogP contribution is 2.25. The molecule has 3 nitrogen and oxygen atoms in total. The third-order valence-electron chi connectivity index (χ3n) is 5.39. The van der Waals surface area contributed by atoms with Crippen molar-refractivity contribution in [2.45, 2.75) is 110 Å². The molecule has 0 aliphatic carbocycles. The van der Waals surface area contributed by atoms with Gasteiger partial charge in [-0.15, -0.1) is 0 Å². The number of phenols is 1. The molecule has 27 heavy (non-hydrogen) atoms. The minimum absolute atomic E-state index is 0.00246. The molecule has 0 aliphatic rings. The summed E-state index contributed by atoms with van der Waals surface area (Å²) in [7, 11) is 0. The van der Waals surface area contributed by atoms with E-state index in [0.717, 1.165) is 12.8 Å². The second-order valence-electron chi connectivity index (χ2n) is 7.86. The lowest BCUT2D eigenvalue weighted by atomic mass is 10.0. The van der Waals surface area contributed by atoms with E-state index in [1.54, 1.807) is 12.1 Å². The van der Waals surface area contributed by atoms with Crippen LogP contribution in [0.15, 0.2) is 18.2 Å². The van der Waals surface area contributed by atoms with Crippen molar-refractivity contribution < 1.29 is 9.90 Å². The number of para-hydroxylation sites is 1. The lowest BCUT2D eigenvalue weighted by Crippen LogP contribution is -2.03. The summed E-state index contributed by atoms with van der Waals surface area (Å²) in [5.41, 5.74) is 6.44. The summed E-state index contributed by atoms with van der Waals surface area (Å²) in [6.45, 7) is 2.27. The number of ketones is 1. The number of nitrogen functional groups attached to an aromatic ring is 1. The van der Waals surface area contributed by atoms with Crippen LogP contribution in [-0.4, -0.2) is 10.9 Å². The van der Waals surface area contributed by atoms with Crippen molar-refractivity contribution in [3.05, 3.63) is 23.8 Å². The maximum absolute atomic E-state index is 12.2. The number of benzene rings is 1. The summed E-state index contributed by atoms with van der Waals surface area (Å²) in [4.78, 5) is 12.2. The maximum atomic E-state index is 12.2. The zero-order valence-corrected chi connectivity index (χ0v) is 17.5. The standard InChI is InChI=1S/C24H41NO2/c1-2-3-4-5-6-7-8-9-10-11-12-13-14-15-16-19-22(26)21-18-17-20-23(27)24(21)25/h17-18,20,27H,2-16,19,25H2,1H3. The van der Waals surface area contributed by atoms with Gasteiger partial charge in [0.05, 0.1) is 5.69 Å². The van der Waals surface area contributed by atoms with Crippen LogP contribution >= 0.6 is 0 Å². The van der Waals surface area contributed by atoms with E-state index in [4.69, 9.17) is 5.73 Å². The maximum Gasteiger partial charge on any atom is 0.165 e. The van der Waals surface area contributed by atoms with E-state index in [-0.39, 0.29) is 17.2 Å². The topological polar surface area (TPSA) is 63.3 Å². The molecule has 1 rings (SSSR count). The van der Waals surface area contributed by atoms with Crippen LogP contribution in [0.25, 0.3) is 0 Å². The van der Waals surface area contributed by atoms with Gasteiger partial charge in [0, 0.05) is 12.0 Å². The van der Waals surface area contributed by atoms with Crippen molar-refractivity contribution in [3.8, 4) is 5.75 Å². The van der Waals surface area contributed by atoms with Crippen LogP contribution < -0.4 is 5.73 Å². The SMILES string of the molecule is CCCCCCCCCCCCCCCCCC(=O)c1cccc(O)c1N. The Morgan fingerprint density at radius 3 is 1.70 bits per heavy atom. The number of aromatic hydroxyl groups is 1. The van der Waals surface area contributed by atoms with Crippen LogP contribution in [-0.2, 0) is 0 Å². The van der Waals surface area contributed by atoms with Crippen molar-refractivity contribution in [1.29, 1.82) is 0 Å². The molecule has 0 bridgehead atoms. The molecule has 1 aromatic carbocycles. The average molecular weight is 376 g/mol. The van der Waals surface area contributed by atoms with Crippen molar-refractivity contribution >= 4 is 11.5 Å². The molecule has 3 heteroatoms. The first-order valence-electron chi connectivity index (χ1n) is 11.3. The molecule has 0 radical (unpaired) electrons. The Morgan fingerprint density at radius 2 is 1.22 bits per heavy atom. The summed E-state index contributed by atoms with van der Waals surface area (Å²) in [5, 5.41) is 9.58. The number of rotatable bonds is 17. The summed E-state index contributed by atoms with van der Waals surface area (Å²) >= 11 is 0. The molecule has 154 valence electrons. The van der Waals surface area contributed by atoms with Gasteiger partial charge in [0.25, 0.3) is 0 Å². The van der Waals surface area contributed by atoms with E-state index in [1.165, 1.54) is 89.5 Å². The van der Waals surface area contributed by atoms with Gasteiger partial charge in [-0.3, -0.25) is 4.79 Å². The molecule has 1 aromatic rings. The molecular weight excluding hydrogens is 334 g/mol. The number of unbranched alkanes of at least 4 members (excludes halogenated alkanes) is 14. The van der Waals surface area contributed by atoms with Crippen molar-refractivity contribution in [1.82, 2.24) is 0 Å². The molecule has 0 heterocycles. The average Bonchev–Trinajstić information content (AvgIpc) is 2.67. The molecule has 0 saturated carbocycles. The molecule has 0 saturated heterocycles. The monoisotopic (exact) mass is 375 g/mol. The zero-order valence-electron chi connectivity index (χ0n) is 17.5. The number of nitrogens with two attached hydrogens (primary N) is 1. The molecule has 0 fully saturated rings. The van der Waals surface area contributed by atoms with Crippen LogP contribution in [0.5, 0.6) is 5.75 Å². The molecule has 0 amide bonds. The predicted molar refractivity (Wildman–Crippen MR) is 116 cm³/mol. The Bertz CT molecular complexity index is 513. The van der Waals surface area contributed by atoms with E-state index in [1.807, 2.05) is 0 Å². The van der Waals surface area contributed by atoms with E-state index in [9.17, 15) is 9.90 Å². The van der Waals surface area contributed by atoms with Gasteiger partial charge < -0.3 is 10.8 Å². The van der Waals surface area contributed by atoms with Gasteiger partial charge >= 0.3 is 0 Å². The summed E-state index contributed by atoms with van der Waals surface area (Å²) in [6, 6.07) is 4.88. The number of carbonyl (C=O) groups excluding carboxylic acids is 1. The first-order valence-corrected chi connectivity index (χ1v) is 11.3. The van der Waals surface area contributed by atoms with E-state index >= 15 is 0 Å². The van der Waals surface area contributed by atoms with Crippen molar-refractivity contribution in [2.75, 3.05) is 5.73 Å². The highest BCUT2D eigenvalue weighted by atomic mass is 16.3. The van der Waals surface area contributed by atoms with Gasteiger partial charge in [-0.2, -0.15) is 0 Å². The number of hydrogen-bond acceptors (Lipinski definition) is 3. The third kappa shape index (κ3) is 11.0. The lowest BCUT2D eigenvalue weighted by molar-refractivity contribution is 0.0979. The Morgan fingerprint density at radius 1 is 0.778 bits per heavy atom.